The van der Waals surface area contributed by atoms with Crippen LogP contribution in [0, 0.1) is 35.5 Å². The first-order valence-electron chi connectivity index (χ1n) is 13.0. The number of nitrogens with zero attached hydrogens (tertiary/aromatic N) is 1. The summed E-state index contributed by atoms with van der Waals surface area (Å²) in [6.07, 6.45) is 5.32. The molecule has 1 heterocycles. The lowest BCUT2D eigenvalue weighted by Crippen LogP contribution is -2.40. The maximum Gasteiger partial charge on any atom is 0.340 e. The molecule has 3 aromatic carbocycles. The number of carbonyl (C=O) groups is 4. The van der Waals surface area contributed by atoms with E-state index < -0.39 is 12.6 Å². The third-order valence-electron chi connectivity index (χ3n) is 8.68. The molecule has 0 aromatic heterocycles. The molecular formula is C32H25NO5. The maximum absolute atomic E-state index is 13.5. The fourth-order valence-corrected chi connectivity index (χ4v) is 6.81. The van der Waals surface area contributed by atoms with Gasteiger partial charge in [-0.3, -0.25) is 14.4 Å². The van der Waals surface area contributed by atoms with Gasteiger partial charge < -0.3 is 4.74 Å². The second-order valence-electron chi connectivity index (χ2n) is 10.6. The number of para-hydroxylation sites is 1. The van der Waals surface area contributed by atoms with Gasteiger partial charge in [-0.25, -0.2) is 9.69 Å². The number of imide groups is 1. The SMILES string of the molecule is O=C(COC(=O)c1ccccc1N1C(=O)[C@@H]2[C@H]3C=C[C@H]([C@H]4C[C@H]34)[C@@H]2C1=O)c1ccc(-c2ccccc2)cc1. The van der Waals surface area contributed by atoms with Crippen LogP contribution >= 0.6 is 0 Å². The Bertz CT molecular complexity index is 1470. The van der Waals surface area contributed by atoms with Gasteiger partial charge in [0, 0.05) is 5.56 Å². The zero-order valence-electron chi connectivity index (χ0n) is 20.5. The van der Waals surface area contributed by atoms with E-state index in [9.17, 15) is 19.2 Å². The smallest absolute Gasteiger partial charge is 0.340 e. The lowest BCUT2D eigenvalue weighted by Gasteiger charge is -2.37. The molecule has 1 aliphatic heterocycles. The number of hydrogen-bond donors (Lipinski definition) is 0. The van der Waals surface area contributed by atoms with Crippen LogP contribution in [-0.2, 0) is 14.3 Å². The Morgan fingerprint density at radius 3 is 1.97 bits per heavy atom. The molecule has 188 valence electrons. The van der Waals surface area contributed by atoms with Crippen LogP contribution in [0.25, 0.3) is 11.1 Å². The Morgan fingerprint density at radius 2 is 1.32 bits per heavy atom. The standard InChI is InChI=1S/C32H25NO5/c34-27(20-12-10-19(11-13-20)18-6-2-1-3-7-18)17-38-32(37)23-8-4-5-9-26(23)33-30(35)28-21-14-15-22(25-16-24(21)25)29(28)31(33)36/h1-15,21-22,24-25,28-29H,16-17H2/t21-,22+,24-,25-,28+,29-/m1/s1. The molecular weight excluding hydrogens is 478 g/mol. The molecule has 2 saturated carbocycles. The second kappa shape index (κ2) is 8.62. The molecule has 5 aliphatic rings. The number of rotatable bonds is 6. The van der Waals surface area contributed by atoms with E-state index in [1.807, 2.05) is 42.5 Å². The van der Waals surface area contributed by atoms with Gasteiger partial charge in [-0.15, -0.1) is 0 Å². The van der Waals surface area contributed by atoms with Crippen LogP contribution in [0.4, 0.5) is 5.69 Å². The van der Waals surface area contributed by atoms with E-state index >= 15 is 0 Å². The Labute approximate surface area is 219 Å². The number of amides is 2. The molecule has 6 atom stereocenters. The van der Waals surface area contributed by atoms with Crippen LogP contribution in [0.2, 0.25) is 0 Å². The van der Waals surface area contributed by atoms with Gasteiger partial charge in [0.05, 0.1) is 23.1 Å². The van der Waals surface area contributed by atoms with Crippen LogP contribution in [0.15, 0.2) is 91.0 Å². The predicted molar refractivity (Wildman–Crippen MR) is 140 cm³/mol. The Balaban J connectivity index is 1.07. The van der Waals surface area contributed by atoms with Gasteiger partial charge in [-0.2, -0.15) is 0 Å². The quantitative estimate of drug-likeness (QED) is 0.206. The fourth-order valence-electron chi connectivity index (χ4n) is 6.81. The van der Waals surface area contributed by atoms with E-state index in [0.717, 1.165) is 17.5 Å². The van der Waals surface area contributed by atoms with Crippen molar-refractivity contribution in [1.29, 1.82) is 0 Å². The van der Waals surface area contributed by atoms with E-state index in [1.165, 1.54) is 11.0 Å². The van der Waals surface area contributed by atoms with Crippen molar-refractivity contribution >= 4 is 29.3 Å². The monoisotopic (exact) mass is 503 g/mol. The Hall–Kier alpha value is -4.32. The molecule has 0 radical (unpaired) electrons. The number of carbonyl (C=O) groups excluding carboxylic acids is 4. The van der Waals surface area contributed by atoms with E-state index in [-0.39, 0.29) is 52.5 Å². The zero-order chi connectivity index (χ0) is 26.0. The summed E-state index contributed by atoms with van der Waals surface area (Å²) < 4.78 is 5.38. The Kier molecular flexibility index (Phi) is 5.18. The number of hydrogen-bond acceptors (Lipinski definition) is 5. The van der Waals surface area contributed by atoms with Crippen LogP contribution < -0.4 is 4.90 Å². The van der Waals surface area contributed by atoms with Gasteiger partial charge in [0.2, 0.25) is 11.8 Å². The number of benzene rings is 3. The average Bonchev–Trinajstić information content (AvgIpc) is 3.75. The summed E-state index contributed by atoms with van der Waals surface area (Å²) in [5.74, 6) is -1.07. The van der Waals surface area contributed by atoms with Crippen molar-refractivity contribution < 1.29 is 23.9 Å². The van der Waals surface area contributed by atoms with Crippen molar-refractivity contribution in [1.82, 2.24) is 0 Å². The molecule has 8 rings (SSSR count). The summed E-state index contributed by atoms with van der Waals surface area (Å²) in [5.41, 5.74) is 2.79. The number of Topliss-reactive ketones (excluding diaryl/α,β-unsaturated/α-hetero) is 1. The first kappa shape index (κ1) is 22.8. The average molecular weight is 504 g/mol. The van der Waals surface area contributed by atoms with Gasteiger partial charge in [0.25, 0.3) is 0 Å². The largest absolute Gasteiger partial charge is 0.454 e. The van der Waals surface area contributed by atoms with Gasteiger partial charge in [-0.1, -0.05) is 78.9 Å². The molecule has 3 aromatic rings. The molecule has 38 heavy (non-hydrogen) atoms. The van der Waals surface area contributed by atoms with E-state index in [4.69, 9.17) is 4.74 Å². The molecule has 2 amide bonds. The van der Waals surface area contributed by atoms with Gasteiger partial charge >= 0.3 is 5.97 Å². The van der Waals surface area contributed by atoms with E-state index in [1.54, 1.807) is 30.3 Å². The third kappa shape index (κ3) is 3.47. The number of ketones is 1. The second-order valence-corrected chi connectivity index (χ2v) is 10.6. The van der Waals surface area contributed by atoms with Crippen LogP contribution in [0.1, 0.15) is 27.1 Å². The Morgan fingerprint density at radius 1 is 0.737 bits per heavy atom. The molecule has 0 spiro atoms. The number of anilines is 1. The number of ether oxygens (including phenoxy) is 1. The summed E-state index contributed by atoms with van der Waals surface area (Å²) in [6, 6.07) is 23.4. The summed E-state index contributed by atoms with van der Waals surface area (Å²) in [4.78, 5) is 54.1. The lowest BCUT2D eigenvalue weighted by molar-refractivity contribution is -0.124. The highest BCUT2D eigenvalue weighted by Crippen LogP contribution is 2.65. The molecule has 1 saturated heterocycles. The molecule has 0 N–H and O–H groups in total. The van der Waals surface area contributed by atoms with Crippen molar-refractivity contribution in [3.63, 3.8) is 0 Å². The molecule has 0 unspecified atom stereocenters. The van der Waals surface area contributed by atoms with Gasteiger partial charge in [-0.05, 0) is 53.4 Å². The number of allylic oxidation sites excluding steroid dienone is 2. The van der Waals surface area contributed by atoms with Crippen LogP contribution in [0.3, 0.4) is 0 Å². The first-order chi connectivity index (χ1) is 18.5. The minimum Gasteiger partial charge on any atom is -0.454 e. The van der Waals surface area contributed by atoms with Crippen molar-refractivity contribution in [2.24, 2.45) is 35.5 Å². The van der Waals surface area contributed by atoms with E-state index in [2.05, 4.69) is 12.2 Å². The summed E-state index contributed by atoms with van der Waals surface area (Å²) in [7, 11) is 0. The highest BCUT2D eigenvalue weighted by atomic mass is 16.5. The lowest BCUT2D eigenvalue weighted by atomic mass is 9.63. The highest BCUT2D eigenvalue weighted by Gasteiger charge is 2.67. The van der Waals surface area contributed by atoms with Gasteiger partial charge in [0.15, 0.2) is 12.4 Å². The molecule has 3 fully saturated rings. The van der Waals surface area contributed by atoms with Crippen LogP contribution in [0.5, 0.6) is 0 Å². The topological polar surface area (TPSA) is 80.8 Å². The fraction of sp³-hybridized carbons (Fsp3) is 0.250. The van der Waals surface area contributed by atoms with E-state index in [0.29, 0.717) is 17.4 Å². The summed E-state index contributed by atoms with van der Waals surface area (Å²) in [5, 5.41) is 0. The number of esters is 1. The predicted octanol–water partition coefficient (Wildman–Crippen LogP) is 4.95. The highest BCUT2D eigenvalue weighted by molar-refractivity contribution is 6.24. The normalized spacial score (nSPS) is 28.2. The first-order valence-corrected chi connectivity index (χ1v) is 13.0. The van der Waals surface area contributed by atoms with Crippen molar-refractivity contribution in [2.75, 3.05) is 11.5 Å². The minimum atomic E-state index is -0.741. The maximum atomic E-state index is 13.5. The molecule has 6 heteroatoms. The summed E-state index contributed by atoms with van der Waals surface area (Å²) >= 11 is 0. The third-order valence-corrected chi connectivity index (χ3v) is 8.68. The zero-order valence-corrected chi connectivity index (χ0v) is 20.5. The van der Waals surface area contributed by atoms with Crippen molar-refractivity contribution in [3.05, 3.63) is 102 Å². The molecule has 6 nitrogen and oxygen atoms in total. The van der Waals surface area contributed by atoms with Gasteiger partial charge in [0.1, 0.15) is 0 Å². The summed E-state index contributed by atoms with van der Waals surface area (Å²) in [6.45, 7) is -0.442. The molecule has 2 bridgehead atoms. The van der Waals surface area contributed by atoms with Crippen molar-refractivity contribution in [3.8, 4) is 11.1 Å². The minimum absolute atomic E-state index is 0.0986. The van der Waals surface area contributed by atoms with Crippen molar-refractivity contribution in [2.45, 2.75) is 6.42 Å². The molecule has 4 aliphatic carbocycles. The van der Waals surface area contributed by atoms with Crippen LogP contribution in [-0.4, -0.2) is 30.2 Å².